The Hall–Kier alpha value is -0.850. The van der Waals surface area contributed by atoms with E-state index in [-0.39, 0.29) is 6.04 Å². The van der Waals surface area contributed by atoms with Crippen LogP contribution in [0.25, 0.3) is 0 Å². The third-order valence-corrected chi connectivity index (χ3v) is 6.29. The molecule has 21 heavy (non-hydrogen) atoms. The van der Waals surface area contributed by atoms with Crippen LogP contribution in [0.3, 0.4) is 0 Å². The van der Waals surface area contributed by atoms with Crippen molar-refractivity contribution in [3.05, 3.63) is 17.6 Å². The summed E-state index contributed by atoms with van der Waals surface area (Å²) in [6.07, 6.45) is 6.55. The number of aryl methyl sites for hydroxylation is 1. The van der Waals surface area contributed by atoms with Gasteiger partial charge in [0, 0.05) is 19.2 Å². The highest BCUT2D eigenvalue weighted by Gasteiger charge is 2.31. The number of hydrogen-bond donors (Lipinski definition) is 1. The molecule has 1 aliphatic rings. The van der Waals surface area contributed by atoms with Crippen LogP contribution in [0.15, 0.2) is 15.4 Å². The van der Waals surface area contributed by atoms with Gasteiger partial charge >= 0.3 is 0 Å². The lowest BCUT2D eigenvalue weighted by molar-refractivity contribution is 0.335. The zero-order chi connectivity index (χ0) is 15.5. The average molecular weight is 314 g/mol. The summed E-state index contributed by atoms with van der Waals surface area (Å²) in [7, 11) is 0.0419. The zero-order valence-corrected chi connectivity index (χ0v) is 14.0. The third-order valence-electron chi connectivity index (χ3n) is 4.27. The van der Waals surface area contributed by atoms with Crippen LogP contribution in [0.5, 0.6) is 0 Å². The van der Waals surface area contributed by atoms with Crippen LogP contribution in [0.4, 0.5) is 0 Å². The Morgan fingerprint density at radius 1 is 1.29 bits per heavy atom. The number of nitrogens with one attached hydrogen (secondary N) is 1. The van der Waals surface area contributed by atoms with Crippen molar-refractivity contribution in [3.8, 4) is 0 Å². The Bertz CT molecular complexity index is 557. The number of nitrogens with zero attached hydrogens (tertiary/aromatic N) is 1. The normalized spacial score (nSPS) is 18.1. The highest BCUT2D eigenvalue weighted by Crippen LogP contribution is 2.28. The van der Waals surface area contributed by atoms with E-state index in [0.29, 0.717) is 23.0 Å². The maximum Gasteiger partial charge on any atom is 0.246 e. The van der Waals surface area contributed by atoms with E-state index >= 15 is 0 Å². The molecule has 0 bridgehead atoms. The summed E-state index contributed by atoms with van der Waals surface area (Å²) in [6.45, 7) is 2.25. The van der Waals surface area contributed by atoms with Crippen LogP contribution in [0, 0.1) is 6.92 Å². The monoisotopic (exact) mass is 314 g/mol. The van der Waals surface area contributed by atoms with Gasteiger partial charge in [0.15, 0.2) is 0 Å². The number of furan rings is 1. The fraction of sp³-hybridized carbons (Fsp3) is 0.733. The molecule has 1 aromatic rings. The van der Waals surface area contributed by atoms with Gasteiger partial charge in [-0.05, 0) is 26.8 Å². The van der Waals surface area contributed by atoms with Crippen LogP contribution in [0.2, 0.25) is 0 Å². The summed E-state index contributed by atoms with van der Waals surface area (Å²) in [5.74, 6) is 1.13. The van der Waals surface area contributed by atoms with Gasteiger partial charge in [-0.2, -0.15) is 4.31 Å². The highest BCUT2D eigenvalue weighted by atomic mass is 32.2. The molecule has 1 N–H and O–H groups in total. The summed E-state index contributed by atoms with van der Waals surface area (Å²) < 4.78 is 32.7. The topological polar surface area (TPSA) is 62.6 Å². The second-order valence-corrected chi connectivity index (χ2v) is 7.80. The van der Waals surface area contributed by atoms with Crippen LogP contribution in [-0.2, 0) is 16.6 Å². The number of sulfonamides is 1. The summed E-state index contributed by atoms with van der Waals surface area (Å²) in [6, 6.07) is 1.76. The second-order valence-electron chi connectivity index (χ2n) is 5.83. The Balaban J connectivity index is 2.23. The largest absolute Gasteiger partial charge is 0.464 e. The highest BCUT2D eigenvalue weighted by molar-refractivity contribution is 7.89. The lowest BCUT2D eigenvalue weighted by Gasteiger charge is -2.26. The standard InChI is InChI=1S/C15H26N2O3S/c1-12-15(10-14(20-12)11-16-2)21(18,19)17(3)13-8-6-4-5-7-9-13/h10,13,16H,4-9,11H2,1-3H3. The van der Waals surface area contributed by atoms with E-state index in [9.17, 15) is 8.42 Å². The molecule has 0 aliphatic heterocycles. The summed E-state index contributed by atoms with van der Waals surface area (Å²) in [5.41, 5.74) is 0. The molecule has 1 saturated carbocycles. The molecule has 0 saturated heterocycles. The molecule has 2 rings (SSSR count). The average Bonchev–Trinajstić information content (AvgIpc) is 2.67. The minimum Gasteiger partial charge on any atom is -0.464 e. The van der Waals surface area contributed by atoms with E-state index in [0.717, 1.165) is 25.7 Å². The van der Waals surface area contributed by atoms with Crippen molar-refractivity contribution in [2.45, 2.75) is 62.9 Å². The molecule has 1 aromatic heterocycles. The second kappa shape index (κ2) is 6.94. The molecule has 0 spiro atoms. The van der Waals surface area contributed by atoms with Crippen LogP contribution in [0.1, 0.15) is 50.0 Å². The molecule has 5 nitrogen and oxygen atoms in total. The first-order valence-corrected chi connectivity index (χ1v) is 9.12. The maximum atomic E-state index is 12.8. The molecule has 0 radical (unpaired) electrons. The quantitative estimate of drug-likeness (QED) is 0.849. The van der Waals surface area contributed by atoms with Crippen molar-refractivity contribution in [2.24, 2.45) is 0 Å². The molecule has 0 atom stereocenters. The van der Waals surface area contributed by atoms with Gasteiger partial charge in [0.2, 0.25) is 10.0 Å². The molecule has 0 aromatic carbocycles. The molecule has 1 aliphatic carbocycles. The first kappa shape index (κ1) is 16.5. The van der Waals surface area contributed by atoms with Gasteiger partial charge in [-0.1, -0.05) is 25.7 Å². The van der Waals surface area contributed by atoms with Crippen LogP contribution in [-0.4, -0.2) is 32.9 Å². The van der Waals surface area contributed by atoms with Crippen LogP contribution >= 0.6 is 0 Å². The van der Waals surface area contributed by atoms with Crippen molar-refractivity contribution in [3.63, 3.8) is 0 Å². The first-order chi connectivity index (χ1) is 9.96. The van der Waals surface area contributed by atoms with E-state index in [1.807, 2.05) is 7.05 Å². The minimum atomic E-state index is -3.47. The van der Waals surface area contributed by atoms with Gasteiger partial charge in [0.1, 0.15) is 16.4 Å². The Morgan fingerprint density at radius 3 is 2.48 bits per heavy atom. The predicted octanol–water partition coefficient (Wildman–Crippen LogP) is 2.65. The fourth-order valence-corrected chi connectivity index (χ4v) is 4.61. The lowest BCUT2D eigenvalue weighted by Crippen LogP contribution is -2.36. The van der Waals surface area contributed by atoms with Crippen molar-refractivity contribution in [2.75, 3.05) is 14.1 Å². The Labute approximate surface area is 127 Å². The van der Waals surface area contributed by atoms with Gasteiger partial charge in [-0.15, -0.1) is 0 Å². The summed E-state index contributed by atoms with van der Waals surface area (Å²) in [4.78, 5) is 0.305. The maximum absolute atomic E-state index is 12.8. The van der Waals surface area contributed by atoms with Gasteiger partial charge in [-0.3, -0.25) is 0 Å². The molecule has 120 valence electrons. The lowest BCUT2D eigenvalue weighted by atomic mass is 10.1. The van der Waals surface area contributed by atoms with Crippen molar-refractivity contribution < 1.29 is 12.8 Å². The zero-order valence-electron chi connectivity index (χ0n) is 13.2. The number of rotatable bonds is 5. The van der Waals surface area contributed by atoms with Crippen molar-refractivity contribution in [1.29, 1.82) is 0 Å². The van der Waals surface area contributed by atoms with E-state index in [1.165, 1.54) is 12.8 Å². The summed E-state index contributed by atoms with van der Waals surface area (Å²) in [5, 5.41) is 2.97. The minimum absolute atomic E-state index is 0.111. The Morgan fingerprint density at radius 2 is 1.90 bits per heavy atom. The van der Waals surface area contributed by atoms with Gasteiger partial charge in [0.05, 0.1) is 6.54 Å². The molecule has 6 heteroatoms. The van der Waals surface area contributed by atoms with E-state index < -0.39 is 10.0 Å². The predicted molar refractivity (Wildman–Crippen MR) is 82.6 cm³/mol. The van der Waals surface area contributed by atoms with E-state index in [2.05, 4.69) is 5.32 Å². The molecule has 1 heterocycles. The van der Waals surface area contributed by atoms with Gasteiger partial charge in [0.25, 0.3) is 0 Å². The van der Waals surface area contributed by atoms with Crippen LogP contribution < -0.4 is 5.32 Å². The van der Waals surface area contributed by atoms with Crippen molar-refractivity contribution in [1.82, 2.24) is 9.62 Å². The molecular formula is C15H26N2O3S. The number of hydrogen-bond acceptors (Lipinski definition) is 4. The van der Waals surface area contributed by atoms with Gasteiger partial charge < -0.3 is 9.73 Å². The molecular weight excluding hydrogens is 288 g/mol. The summed E-state index contributed by atoms with van der Waals surface area (Å²) >= 11 is 0. The van der Waals surface area contributed by atoms with Crippen molar-refractivity contribution >= 4 is 10.0 Å². The first-order valence-electron chi connectivity index (χ1n) is 7.68. The van der Waals surface area contributed by atoms with E-state index in [1.54, 1.807) is 24.3 Å². The Kier molecular flexibility index (Phi) is 5.46. The molecule has 0 amide bonds. The SMILES string of the molecule is CNCc1cc(S(=O)(=O)N(C)C2CCCCCC2)c(C)o1. The smallest absolute Gasteiger partial charge is 0.246 e. The fourth-order valence-electron chi connectivity index (χ4n) is 3.01. The third kappa shape index (κ3) is 3.67. The molecule has 0 unspecified atom stereocenters. The van der Waals surface area contributed by atoms with E-state index in [4.69, 9.17) is 4.42 Å². The molecule has 1 fully saturated rings. The van der Waals surface area contributed by atoms with Gasteiger partial charge in [-0.25, -0.2) is 8.42 Å².